The van der Waals surface area contributed by atoms with Gasteiger partial charge in [0.1, 0.15) is 22.5 Å². The van der Waals surface area contributed by atoms with Crippen LogP contribution in [0.25, 0.3) is 67.4 Å². The molecule has 5 aromatic carbocycles. The fourth-order valence-electron chi connectivity index (χ4n) is 8.47. The number of benzene rings is 5. The summed E-state index contributed by atoms with van der Waals surface area (Å²) >= 11 is 0. The molecule has 0 bridgehead atoms. The summed E-state index contributed by atoms with van der Waals surface area (Å²) in [5, 5.41) is 0. The zero-order valence-electron chi connectivity index (χ0n) is 37.5. The van der Waals surface area contributed by atoms with E-state index in [4.69, 9.17) is 28.3 Å². The minimum atomic E-state index is 0.548. The highest BCUT2D eigenvalue weighted by Crippen LogP contribution is 2.46. The Labute approximate surface area is 370 Å². The maximum absolute atomic E-state index is 6.80. The van der Waals surface area contributed by atoms with Crippen LogP contribution in [0.15, 0.2) is 118 Å². The van der Waals surface area contributed by atoms with Crippen molar-refractivity contribution in [3.63, 3.8) is 0 Å². The highest BCUT2D eigenvalue weighted by atomic mass is 16.5. The molecule has 0 N–H and O–H groups in total. The Balaban J connectivity index is 1.11. The molecule has 2 aromatic heterocycles. The Morgan fingerprint density at radius 1 is 0.355 bits per heavy atom. The Hall–Kier alpha value is -5.36. The number of rotatable bonds is 28. The van der Waals surface area contributed by atoms with Gasteiger partial charge in [-0.2, -0.15) is 0 Å². The van der Waals surface area contributed by atoms with Crippen molar-refractivity contribution in [2.75, 3.05) is 13.2 Å². The highest BCUT2D eigenvalue weighted by Gasteiger charge is 2.27. The van der Waals surface area contributed by atoms with Crippen molar-refractivity contribution >= 4 is 22.2 Å². The molecule has 0 amide bonds. The fraction of sp³-hybridized carbons (Fsp3) is 0.429. The lowest BCUT2D eigenvalue weighted by Gasteiger charge is -2.11. The van der Waals surface area contributed by atoms with Crippen LogP contribution in [-0.4, -0.2) is 23.2 Å². The van der Waals surface area contributed by atoms with E-state index in [0.29, 0.717) is 36.2 Å². The van der Waals surface area contributed by atoms with Gasteiger partial charge in [-0.25, -0.2) is 9.97 Å². The first kappa shape index (κ1) is 44.7. The molecule has 0 spiro atoms. The number of hydrogen-bond donors (Lipinski definition) is 0. The molecular formula is C56H68N2O4. The van der Waals surface area contributed by atoms with E-state index in [0.717, 1.165) is 68.8 Å². The Bertz CT molecular complexity index is 2110. The van der Waals surface area contributed by atoms with Crippen molar-refractivity contribution < 1.29 is 18.3 Å². The van der Waals surface area contributed by atoms with Gasteiger partial charge in [0.05, 0.1) is 24.3 Å². The van der Waals surface area contributed by atoms with Crippen LogP contribution in [0.4, 0.5) is 0 Å². The van der Waals surface area contributed by atoms with E-state index in [-0.39, 0.29) is 0 Å². The average Bonchev–Trinajstić information content (AvgIpc) is 3.96. The quantitative estimate of drug-likeness (QED) is 0.0458. The normalized spacial score (nSPS) is 11.5. The van der Waals surface area contributed by atoms with Crippen molar-refractivity contribution in [3.8, 4) is 56.7 Å². The van der Waals surface area contributed by atoms with Gasteiger partial charge >= 0.3 is 0 Å². The first-order valence-electron chi connectivity index (χ1n) is 24.1. The van der Waals surface area contributed by atoms with Gasteiger partial charge in [-0.1, -0.05) is 190 Å². The molecule has 0 saturated carbocycles. The predicted octanol–water partition coefficient (Wildman–Crippen LogP) is 17.2. The average molecular weight is 833 g/mol. The Kier molecular flexibility index (Phi) is 17.5. The van der Waals surface area contributed by atoms with Gasteiger partial charge in [-0.3, -0.25) is 0 Å². The topological polar surface area (TPSA) is 70.5 Å². The van der Waals surface area contributed by atoms with Crippen molar-refractivity contribution in [1.29, 1.82) is 0 Å². The fourth-order valence-corrected chi connectivity index (χ4v) is 8.47. The molecule has 0 aliphatic carbocycles. The minimum absolute atomic E-state index is 0.548. The van der Waals surface area contributed by atoms with Gasteiger partial charge in [-0.15, -0.1) is 0 Å². The van der Waals surface area contributed by atoms with Gasteiger partial charge in [0.2, 0.25) is 11.8 Å². The second-order valence-corrected chi connectivity index (χ2v) is 17.0. The van der Waals surface area contributed by atoms with E-state index in [9.17, 15) is 0 Å². The number of aromatic nitrogens is 2. The van der Waals surface area contributed by atoms with E-state index in [1.54, 1.807) is 0 Å². The lowest BCUT2D eigenvalue weighted by atomic mass is 9.96. The molecule has 0 atom stereocenters. The number of ether oxygens (including phenoxy) is 2. The number of hydrogen-bond acceptors (Lipinski definition) is 6. The summed E-state index contributed by atoms with van der Waals surface area (Å²) in [6, 6.07) is 36.8. The van der Waals surface area contributed by atoms with E-state index in [2.05, 4.69) is 62.4 Å². The van der Waals surface area contributed by atoms with Gasteiger partial charge in [0.15, 0.2) is 11.2 Å². The van der Waals surface area contributed by atoms with Crippen LogP contribution in [0.3, 0.4) is 0 Å². The summed E-state index contributed by atoms with van der Waals surface area (Å²) in [5.41, 5.74) is 8.19. The molecule has 326 valence electrons. The van der Waals surface area contributed by atoms with Crippen LogP contribution < -0.4 is 9.47 Å². The summed E-state index contributed by atoms with van der Waals surface area (Å²) in [6.07, 6.45) is 26.1. The van der Waals surface area contributed by atoms with E-state index in [1.165, 1.54) is 116 Å². The van der Waals surface area contributed by atoms with Crippen LogP contribution in [0.1, 0.15) is 142 Å². The van der Waals surface area contributed by atoms with Gasteiger partial charge in [0.25, 0.3) is 0 Å². The molecule has 0 aliphatic heterocycles. The van der Waals surface area contributed by atoms with E-state index in [1.807, 2.05) is 60.7 Å². The SMILES string of the molecule is CCCCCCCCCCCCOc1ccc(-c2c3nc(-c4ccccc4)oc3c(-c3ccc(OCCCCCCCCCCCC)cc3)c3nc(-c4ccccc4)oc23)cc1. The van der Waals surface area contributed by atoms with Gasteiger partial charge < -0.3 is 18.3 Å². The monoisotopic (exact) mass is 833 g/mol. The van der Waals surface area contributed by atoms with E-state index >= 15 is 0 Å². The van der Waals surface area contributed by atoms with Gasteiger partial charge in [-0.05, 0) is 72.5 Å². The number of unbranched alkanes of at least 4 members (excludes halogenated alkanes) is 18. The van der Waals surface area contributed by atoms with Crippen LogP contribution in [0.5, 0.6) is 11.5 Å². The largest absolute Gasteiger partial charge is 0.494 e. The molecule has 0 saturated heterocycles. The third kappa shape index (κ3) is 12.4. The molecule has 2 heterocycles. The summed E-state index contributed by atoms with van der Waals surface area (Å²) in [7, 11) is 0. The molecular weight excluding hydrogens is 765 g/mol. The second kappa shape index (κ2) is 24.3. The van der Waals surface area contributed by atoms with Crippen LogP contribution in [0.2, 0.25) is 0 Å². The third-order valence-electron chi connectivity index (χ3n) is 12.0. The lowest BCUT2D eigenvalue weighted by molar-refractivity contribution is 0.304. The molecule has 0 aliphatic rings. The number of fused-ring (bicyclic) bond motifs is 2. The molecule has 6 heteroatoms. The molecule has 6 nitrogen and oxygen atoms in total. The van der Waals surface area contributed by atoms with Crippen molar-refractivity contribution in [3.05, 3.63) is 109 Å². The van der Waals surface area contributed by atoms with Crippen molar-refractivity contribution in [2.45, 2.75) is 142 Å². The van der Waals surface area contributed by atoms with E-state index < -0.39 is 0 Å². The summed E-state index contributed by atoms with van der Waals surface area (Å²) in [4.78, 5) is 10.4. The van der Waals surface area contributed by atoms with Crippen LogP contribution >= 0.6 is 0 Å². The molecule has 0 fully saturated rings. The second-order valence-electron chi connectivity index (χ2n) is 17.0. The Morgan fingerprint density at radius 3 is 1.02 bits per heavy atom. The first-order chi connectivity index (χ1) is 30.7. The minimum Gasteiger partial charge on any atom is -0.494 e. The highest BCUT2D eigenvalue weighted by molar-refractivity contribution is 6.16. The molecule has 7 rings (SSSR count). The molecule has 7 aromatic rings. The molecule has 62 heavy (non-hydrogen) atoms. The number of oxazole rings is 2. The zero-order valence-corrected chi connectivity index (χ0v) is 37.5. The lowest BCUT2D eigenvalue weighted by Crippen LogP contribution is -1.97. The Morgan fingerprint density at radius 2 is 0.677 bits per heavy atom. The standard InChI is InChI=1S/C56H68N2O4/c1-3-5-7-9-11-13-15-17-19-27-41-59-47-37-33-43(34-38-47)49-51-54(62-55(57-51)45-29-23-21-24-30-45)50(52-53(49)61-56(58-52)46-31-25-22-26-32-46)44-35-39-48(40-36-44)60-42-28-20-18-16-14-12-10-8-6-4-2/h21-26,29-40H,3-20,27-28,41-42H2,1-2H3. The zero-order chi connectivity index (χ0) is 42.6. The maximum Gasteiger partial charge on any atom is 0.227 e. The van der Waals surface area contributed by atoms with Crippen molar-refractivity contribution in [1.82, 2.24) is 9.97 Å². The molecule has 0 radical (unpaired) electrons. The third-order valence-corrected chi connectivity index (χ3v) is 12.0. The van der Waals surface area contributed by atoms with Gasteiger partial charge in [0, 0.05) is 11.1 Å². The molecule has 0 unspecified atom stereocenters. The summed E-state index contributed by atoms with van der Waals surface area (Å²) < 4.78 is 26.1. The van der Waals surface area contributed by atoms with Crippen LogP contribution in [0, 0.1) is 0 Å². The van der Waals surface area contributed by atoms with Crippen LogP contribution in [-0.2, 0) is 0 Å². The van der Waals surface area contributed by atoms with Crippen molar-refractivity contribution in [2.24, 2.45) is 0 Å². The maximum atomic E-state index is 6.80. The predicted molar refractivity (Wildman–Crippen MR) is 258 cm³/mol. The smallest absolute Gasteiger partial charge is 0.227 e. The number of nitrogens with zero attached hydrogens (tertiary/aromatic N) is 2. The first-order valence-corrected chi connectivity index (χ1v) is 24.1. The summed E-state index contributed by atoms with van der Waals surface area (Å²) in [6.45, 7) is 5.99. The summed E-state index contributed by atoms with van der Waals surface area (Å²) in [5.74, 6) is 2.81.